The van der Waals surface area contributed by atoms with Crippen LogP contribution in [0, 0.1) is 0 Å². The molecule has 1 fully saturated rings. The monoisotopic (exact) mass is 491 g/mol. The van der Waals surface area contributed by atoms with Gasteiger partial charge in [-0.3, -0.25) is 4.79 Å². The van der Waals surface area contributed by atoms with Crippen molar-refractivity contribution in [3.8, 4) is 0 Å². The van der Waals surface area contributed by atoms with Crippen molar-refractivity contribution < 1.29 is 9.36 Å². The number of benzene rings is 3. The number of carbonyl (C=O) groups is 1. The molecule has 0 bridgehead atoms. The average Bonchev–Trinajstić information content (AvgIpc) is 3.21. The van der Waals surface area contributed by atoms with Crippen molar-refractivity contribution in [2.75, 3.05) is 29.1 Å². The van der Waals surface area contributed by atoms with Crippen LogP contribution in [0.2, 0.25) is 5.02 Å². The number of amides is 1. The van der Waals surface area contributed by atoms with Crippen molar-refractivity contribution >= 4 is 51.7 Å². The number of piperidine rings is 1. The van der Waals surface area contributed by atoms with Crippen molar-refractivity contribution in [3.63, 3.8) is 0 Å². The Morgan fingerprint density at radius 2 is 1.74 bits per heavy atom. The number of aromatic amines is 1. The van der Waals surface area contributed by atoms with Crippen LogP contribution in [0.25, 0.3) is 11.0 Å². The van der Waals surface area contributed by atoms with Gasteiger partial charge in [0.1, 0.15) is 6.54 Å². The van der Waals surface area contributed by atoms with Crippen LogP contribution in [-0.2, 0) is 11.3 Å². The van der Waals surface area contributed by atoms with Gasteiger partial charge in [-0.05, 0) is 60.9 Å². The highest BCUT2D eigenvalue weighted by molar-refractivity contribution is 7.99. The molecule has 2 N–H and O–H groups in total. The van der Waals surface area contributed by atoms with Gasteiger partial charge in [0.25, 0.3) is 0 Å². The maximum absolute atomic E-state index is 13.0. The molecule has 1 saturated heterocycles. The highest BCUT2D eigenvalue weighted by atomic mass is 35.5. The van der Waals surface area contributed by atoms with E-state index in [1.54, 1.807) is 0 Å². The van der Waals surface area contributed by atoms with E-state index < -0.39 is 0 Å². The molecule has 4 aromatic rings. The number of hydrogen-bond donors (Lipinski definition) is 2. The summed E-state index contributed by atoms with van der Waals surface area (Å²) >= 11 is 8.07. The second-order valence-corrected chi connectivity index (χ2v) is 9.91. The first kappa shape index (κ1) is 22.8. The summed E-state index contributed by atoms with van der Waals surface area (Å²) in [4.78, 5) is 18.8. The van der Waals surface area contributed by atoms with Gasteiger partial charge in [-0.2, -0.15) is 0 Å². The van der Waals surface area contributed by atoms with E-state index in [9.17, 15) is 4.79 Å². The minimum atomic E-state index is -0.0459. The van der Waals surface area contributed by atoms with E-state index in [1.807, 2.05) is 36.4 Å². The molecule has 0 aliphatic carbocycles. The molecular weight excluding hydrogens is 464 g/mol. The Balaban J connectivity index is 1.33. The normalized spacial score (nSPS) is 13.9. The van der Waals surface area contributed by atoms with Gasteiger partial charge in [-0.25, -0.2) is 9.55 Å². The van der Waals surface area contributed by atoms with Gasteiger partial charge < -0.3 is 10.2 Å². The SMILES string of the molecule is O=C(CSc1[nH]c2ccccc2[n+]1Cc1ccccc1)Nc1cccc(Cl)c1N1CCCCC1. The number of imidazole rings is 1. The number of H-pyrrole nitrogens is 1. The van der Waals surface area contributed by atoms with Crippen LogP contribution < -0.4 is 14.8 Å². The van der Waals surface area contributed by atoms with Crippen molar-refractivity contribution in [3.05, 3.63) is 83.4 Å². The summed E-state index contributed by atoms with van der Waals surface area (Å²) in [5.41, 5.74) is 5.12. The number of nitrogens with one attached hydrogen (secondary N) is 2. The lowest BCUT2D eigenvalue weighted by atomic mass is 10.1. The first-order chi connectivity index (χ1) is 16.7. The van der Waals surface area contributed by atoms with Crippen molar-refractivity contribution in [2.45, 2.75) is 31.0 Å². The van der Waals surface area contributed by atoms with E-state index in [0.717, 1.165) is 60.0 Å². The third kappa shape index (κ3) is 5.08. The molecule has 0 radical (unpaired) electrons. The first-order valence-corrected chi connectivity index (χ1v) is 13.1. The second-order valence-electron chi connectivity index (χ2n) is 8.54. The molecular formula is C27H28ClN4OS+. The molecule has 7 heteroatoms. The smallest absolute Gasteiger partial charge is 0.317 e. The highest BCUT2D eigenvalue weighted by Crippen LogP contribution is 2.35. The number of hydrogen-bond acceptors (Lipinski definition) is 3. The van der Waals surface area contributed by atoms with Crippen molar-refractivity contribution in [1.29, 1.82) is 0 Å². The fraction of sp³-hybridized carbons (Fsp3) is 0.259. The van der Waals surface area contributed by atoms with Gasteiger partial charge in [0.2, 0.25) is 5.91 Å². The molecule has 2 heterocycles. The van der Waals surface area contributed by atoms with Gasteiger partial charge >= 0.3 is 5.16 Å². The minimum Gasteiger partial charge on any atom is -0.369 e. The summed E-state index contributed by atoms with van der Waals surface area (Å²) in [5, 5.41) is 4.76. The summed E-state index contributed by atoms with van der Waals surface area (Å²) in [6.45, 7) is 2.67. The molecule has 0 saturated carbocycles. The van der Waals surface area contributed by atoms with E-state index in [-0.39, 0.29) is 5.91 Å². The third-order valence-electron chi connectivity index (χ3n) is 6.14. The van der Waals surface area contributed by atoms with Crippen LogP contribution >= 0.6 is 23.4 Å². The van der Waals surface area contributed by atoms with E-state index in [1.165, 1.54) is 23.7 Å². The number of nitrogens with zero attached hydrogens (tertiary/aromatic N) is 2. The van der Waals surface area contributed by atoms with Gasteiger partial charge in [-0.15, -0.1) is 0 Å². The number of anilines is 2. The molecule has 5 rings (SSSR count). The summed E-state index contributed by atoms with van der Waals surface area (Å²) < 4.78 is 2.24. The quantitative estimate of drug-likeness (QED) is 0.251. The zero-order valence-corrected chi connectivity index (χ0v) is 20.5. The van der Waals surface area contributed by atoms with Gasteiger partial charge in [0, 0.05) is 13.1 Å². The number of carbonyl (C=O) groups excluding carboxylic acids is 1. The van der Waals surface area contributed by atoms with E-state index >= 15 is 0 Å². The lowest BCUT2D eigenvalue weighted by Gasteiger charge is -2.31. The lowest BCUT2D eigenvalue weighted by Crippen LogP contribution is -2.36. The maximum atomic E-state index is 13.0. The predicted molar refractivity (Wildman–Crippen MR) is 141 cm³/mol. The zero-order chi connectivity index (χ0) is 23.3. The summed E-state index contributed by atoms with van der Waals surface area (Å²) in [7, 11) is 0. The van der Waals surface area contributed by atoms with Crippen LogP contribution in [0.4, 0.5) is 11.4 Å². The maximum Gasteiger partial charge on any atom is 0.317 e. The number of para-hydroxylation sites is 3. The van der Waals surface area contributed by atoms with Gasteiger partial charge in [0.05, 0.1) is 22.2 Å². The second kappa shape index (κ2) is 10.5. The van der Waals surface area contributed by atoms with E-state index in [4.69, 9.17) is 11.6 Å². The molecule has 5 nitrogen and oxygen atoms in total. The molecule has 34 heavy (non-hydrogen) atoms. The Bertz CT molecular complexity index is 1280. The number of halogens is 1. The number of fused-ring (bicyclic) bond motifs is 1. The highest BCUT2D eigenvalue weighted by Gasteiger charge is 2.22. The molecule has 1 aliphatic heterocycles. The zero-order valence-electron chi connectivity index (χ0n) is 19.0. The Hall–Kier alpha value is -2.96. The first-order valence-electron chi connectivity index (χ1n) is 11.7. The molecule has 1 aliphatic rings. The number of rotatable bonds is 7. The fourth-order valence-corrected chi connectivity index (χ4v) is 5.65. The Labute approximate surface area is 209 Å². The van der Waals surface area contributed by atoms with E-state index in [0.29, 0.717) is 10.8 Å². The molecule has 0 atom stereocenters. The average molecular weight is 492 g/mol. The molecule has 0 unspecified atom stereocenters. The molecule has 0 spiro atoms. The predicted octanol–water partition coefficient (Wildman–Crippen LogP) is 5.88. The van der Waals surface area contributed by atoms with Crippen molar-refractivity contribution in [1.82, 2.24) is 4.98 Å². The number of thioether (sulfide) groups is 1. The fourth-order valence-electron chi connectivity index (χ4n) is 4.52. The lowest BCUT2D eigenvalue weighted by molar-refractivity contribution is -0.700. The van der Waals surface area contributed by atoms with Crippen LogP contribution in [0.15, 0.2) is 78.0 Å². The summed E-state index contributed by atoms with van der Waals surface area (Å²) in [6, 6.07) is 24.3. The Morgan fingerprint density at radius 1 is 0.971 bits per heavy atom. The van der Waals surface area contributed by atoms with Crippen molar-refractivity contribution in [2.24, 2.45) is 0 Å². The third-order valence-corrected chi connectivity index (χ3v) is 7.45. The van der Waals surface area contributed by atoms with Crippen LogP contribution in [-0.4, -0.2) is 29.7 Å². The number of aromatic nitrogens is 2. The molecule has 1 amide bonds. The molecule has 3 aromatic carbocycles. The van der Waals surface area contributed by atoms with Crippen LogP contribution in [0.3, 0.4) is 0 Å². The Kier molecular flexibility index (Phi) is 7.07. The summed E-state index contributed by atoms with van der Waals surface area (Å²) in [6.07, 6.45) is 3.54. The minimum absolute atomic E-state index is 0.0459. The van der Waals surface area contributed by atoms with Gasteiger partial charge in [-0.1, -0.05) is 60.1 Å². The summed E-state index contributed by atoms with van der Waals surface area (Å²) in [5.74, 6) is 0.253. The topological polar surface area (TPSA) is 52.0 Å². The van der Waals surface area contributed by atoms with Crippen LogP contribution in [0.5, 0.6) is 0 Å². The van der Waals surface area contributed by atoms with E-state index in [2.05, 4.69) is 56.2 Å². The molecule has 1 aromatic heterocycles. The largest absolute Gasteiger partial charge is 0.369 e. The molecule has 174 valence electrons. The Morgan fingerprint density at radius 3 is 2.56 bits per heavy atom. The van der Waals surface area contributed by atoms with Gasteiger partial charge in [0.15, 0.2) is 11.0 Å². The standard InChI is InChI=1S/C27H27ClN4OS/c28-21-12-9-14-23(26(21)31-16-7-2-8-17-31)29-25(33)19-34-27-30-22-13-5-6-15-24(22)32(27)18-20-10-3-1-4-11-20/h1,3-6,9-15H,2,7-8,16-19H2,(H,29,33)/p+1. The van der Waals surface area contributed by atoms with Crippen LogP contribution in [0.1, 0.15) is 24.8 Å².